The van der Waals surface area contributed by atoms with E-state index in [2.05, 4.69) is 27.7 Å². The second-order valence-electron chi connectivity index (χ2n) is 6.87. The predicted octanol–water partition coefficient (Wildman–Crippen LogP) is 3.55. The van der Waals surface area contributed by atoms with E-state index in [-0.39, 0.29) is 6.03 Å². The number of amides is 2. The molecular weight excluding hydrogens is 306 g/mol. The van der Waals surface area contributed by atoms with E-state index in [0.717, 1.165) is 51.6 Å². The molecule has 1 N–H and O–H groups in total. The van der Waals surface area contributed by atoms with Crippen molar-refractivity contribution in [3.05, 3.63) is 22.4 Å². The molecule has 5 heteroatoms. The molecule has 1 saturated heterocycles. The summed E-state index contributed by atoms with van der Waals surface area (Å²) in [6, 6.07) is 4.43. The Kier molecular flexibility index (Phi) is 6.34. The third-order valence-corrected chi connectivity index (χ3v) is 6.02. The first-order valence-corrected chi connectivity index (χ1v) is 9.97. The van der Waals surface area contributed by atoms with Gasteiger partial charge in [0.15, 0.2) is 0 Å². The first kappa shape index (κ1) is 16.8. The number of urea groups is 1. The van der Waals surface area contributed by atoms with Crippen molar-refractivity contribution in [1.82, 2.24) is 15.1 Å². The van der Waals surface area contributed by atoms with Gasteiger partial charge in [0.1, 0.15) is 0 Å². The van der Waals surface area contributed by atoms with Crippen LogP contribution in [0.1, 0.15) is 43.4 Å². The number of thiophene rings is 1. The predicted molar refractivity (Wildman–Crippen MR) is 95.8 cm³/mol. The van der Waals surface area contributed by atoms with Crippen LogP contribution >= 0.6 is 11.3 Å². The fourth-order valence-corrected chi connectivity index (χ4v) is 4.48. The van der Waals surface area contributed by atoms with Crippen molar-refractivity contribution in [2.75, 3.05) is 32.7 Å². The highest BCUT2D eigenvalue weighted by molar-refractivity contribution is 7.09. The quantitative estimate of drug-likeness (QED) is 0.807. The Balaban J connectivity index is 1.28. The standard InChI is InChI=1S/C18H29N3OS/c22-18(19-9-3-7-16-5-1-2-6-16)21-12-10-20(11-13-21)15-17-8-4-14-23-17/h4,8,14,16H,1-3,5-7,9-13,15H2,(H,19,22). The molecule has 2 fully saturated rings. The fourth-order valence-electron chi connectivity index (χ4n) is 3.73. The third kappa shape index (κ3) is 5.21. The van der Waals surface area contributed by atoms with Gasteiger partial charge in [0.25, 0.3) is 0 Å². The van der Waals surface area contributed by atoms with E-state index < -0.39 is 0 Å². The van der Waals surface area contributed by atoms with Gasteiger partial charge in [0.2, 0.25) is 0 Å². The van der Waals surface area contributed by atoms with E-state index in [0.29, 0.717) is 0 Å². The van der Waals surface area contributed by atoms with E-state index in [1.165, 1.54) is 37.0 Å². The van der Waals surface area contributed by atoms with Crippen LogP contribution in [0.4, 0.5) is 4.79 Å². The minimum absolute atomic E-state index is 0.132. The minimum atomic E-state index is 0.132. The number of carbonyl (C=O) groups is 1. The first-order chi connectivity index (χ1) is 11.3. The van der Waals surface area contributed by atoms with Gasteiger partial charge in [-0.3, -0.25) is 4.90 Å². The number of rotatable bonds is 6. The SMILES string of the molecule is O=C(NCCCC1CCCC1)N1CCN(Cc2cccs2)CC1. The number of nitrogens with one attached hydrogen (secondary N) is 1. The summed E-state index contributed by atoms with van der Waals surface area (Å²) in [5.74, 6) is 0.924. The molecule has 0 atom stereocenters. The Morgan fingerprint density at radius 1 is 1.22 bits per heavy atom. The van der Waals surface area contributed by atoms with Crippen molar-refractivity contribution >= 4 is 17.4 Å². The molecule has 4 nitrogen and oxygen atoms in total. The van der Waals surface area contributed by atoms with E-state index in [9.17, 15) is 4.79 Å². The summed E-state index contributed by atoms with van der Waals surface area (Å²) in [6.45, 7) is 5.51. The molecule has 0 aromatic carbocycles. The van der Waals surface area contributed by atoms with Crippen molar-refractivity contribution in [3.8, 4) is 0 Å². The molecule has 1 aromatic heterocycles. The summed E-state index contributed by atoms with van der Waals surface area (Å²) in [5, 5.41) is 5.24. The van der Waals surface area contributed by atoms with Gasteiger partial charge in [-0.15, -0.1) is 11.3 Å². The molecule has 2 amide bonds. The average molecular weight is 336 g/mol. The van der Waals surface area contributed by atoms with Gasteiger partial charge in [-0.05, 0) is 30.2 Å². The largest absolute Gasteiger partial charge is 0.338 e. The number of hydrogen-bond acceptors (Lipinski definition) is 3. The van der Waals surface area contributed by atoms with Crippen molar-refractivity contribution in [3.63, 3.8) is 0 Å². The molecule has 2 heterocycles. The van der Waals surface area contributed by atoms with Crippen molar-refractivity contribution < 1.29 is 4.79 Å². The van der Waals surface area contributed by atoms with Crippen LogP contribution < -0.4 is 5.32 Å². The van der Waals surface area contributed by atoms with Gasteiger partial charge in [0, 0.05) is 44.1 Å². The molecule has 128 valence electrons. The molecule has 3 rings (SSSR count). The topological polar surface area (TPSA) is 35.6 Å². The number of nitrogens with zero attached hydrogens (tertiary/aromatic N) is 2. The van der Waals surface area contributed by atoms with Crippen LogP contribution in [0.15, 0.2) is 17.5 Å². The van der Waals surface area contributed by atoms with Crippen LogP contribution in [-0.2, 0) is 6.54 Å². The fraction of sp³-hybridized carbons (Fsp3) is 0.722. The number of hydrogen-bond donors (Lipinski definition) is 1. The lowest BCUT2D eigenvalue weighted by atomic mass is 10.0. The molecule has 0 unspecified atom stereocenters. The molecule has 1 aliphatic carbocycles. The Morgan fingerprint density at radius 3 is 2.70 bits per heavy atom. The Hall–Kier alpha value is -1.07. The maximum Gasteiger partial charge on any atom is 0.317 e. The summed E-state index contributed by atoms with van der Waals surface area (Å²) in [5.41, 5.74) is 0. The van der Waals surface area contributed by atoms with Gasteiger partial charge in [0.05, 0.1) is 0 Å². The summed E-state index contributed by atoms with van der Waals surface area (Å²) in [4.78, 5) is 18.0. The van der Waals surface area contributed by atoms with Gasteiger partial charge < -0.3 is 10.2 Å². The zero-order valence-corrected chi connectivity index (χ0v) is 14.8. The molecule has 0 bridgehead atoms. The Bertz CT molecular complexity index is 463. The van der Waals surface area contributed by atoms with Crippen molar-refractivity contribution in [1.29, 1.82) is 0 Å². The van der Waals surface area contributed by atoms with E-state index >= 15 is 0 Å². The molecule has 1 aromatic rings. The normalized spacial score (nSPS) is 20.1. The summed E-state index contributed by atoms with van der Waals surface area (Å²) in [7, 11) is 0. The molecule has 23 heavy (non-hydrogen) atoms. The van der Waals surface area contributed by atoms with Gasteiger partial charge in [-0.2, -0.15) is 0 Å². The lowest BCUT2D eigenvalue weighted by Crippen LogP contribution is -2.51. The Labute approximate surface area is 143 Å². The van der Waals surface area contributed by atoms with Crippen LogP contribution in [0.3, 0.4) is 0 Å². The number of carbonyl (C=O) groups excluding carboxylic acids is 1. The second-order valence-corrected chi connectivity index (χ2v) is 7.90. The molecule has 0 spiro atoms. The van der Waals surface area contributed by atoms with Crippen molar-refractivity contribution in [2.24, 2.45) is 5.92 Å². The summed E-state index contributed by atoms with van der Waals surface area (Å²) < 4.78 is 0. The summed E-state index contributed by atoms with van der Waals surface area (Å²) in [6.07, 6.45) is 8.05. The lowest BCUT2D eigenvalue weighted by Gasteiger charge is -2.34. The van der Waals surface area contributed by atoms with E-state index in [1.807, 2.05) is 16.2 Å². The van der Waals surface area contributed by atoms with Crippen LogP contribution in [0, 0.1) is 5.92 Å². The average Bonchev–Trinajstić information content (AvgIpc) is 3.26. The maximum absolute atomic E-state index is 12.2. The van der Waals surface area contributed by atoms with Crippen LogP contribution in [0.5, 0.6) is 0 Å². The van der Waals surface area contributed by atoms with Crippen molar-refractivity contribution in [2.45, 2.75) is 45.1 Å². The zero-order chi connectivity index (χ0) is 15.9. The maximum atomic E-state index is 12.2. The zero-order valence-electron chi connectivity index (χ0n) is 14.0. The molecule has 1 aliphatic heterocycles. The smallest absolute Gasteiger partial charge is 0.317 e. The molecule has 1 saturated carbocycles. The van der Waals surface area contributed by atoms with Gasteiger partial charge >= 0.3 is 6.03 Å². The summed E-state index contributed by atoms with van der Waals surface area (Å²) >= 11 is 1.81. The molecular formula is C18H29N3OS. The lowest BCUT2D eigenvalue weighted by molar-refractivity contribution is 0.136. The Morgan fingerprint density at radius 2 is 2.00 bits per heavy atom. The monoisotopic (exact) mass is 335 g/mol. The highest BCUT2D eigenvalue weighted by Gasteiger charge is 2.21. The number of piperazine rings is 1. The highest BCUT2D eigenvalue weighted by Crippen LogP contribution is 2.28. The van der Waals surface area contributed by atoms with E-state index in [4.69, 9.17) is 0 Å². The van der Waals surface area contributed by atoms with Gasteiger partial charge in [-0.1, -0.05) is 31.7 Å². The third-order valence-electron chi connectivity index (χ3n) is 5.16. The van der Waals surface area contributed by atoms with Crippen LogP contribution in [-0.4, -0.2) is 48.6 Å². The highest BCUT2D eigenvalue weighted by atomic mass is 32.1. The van der Waals surface area contributed by atoms with Crippen LogP contribution in [0.25, 0.3) is 0 Å². The molecule has 0 radical (unpaired) electrons. The van der Waals surface area contributed by atoms with Gasteiger partial charge in [-0.25, -0.2) is 4.79 Å². The van der Waals surface area contributed by atoms with Crippen LogP contribution in [0.2, 0.25) is 0 Å². The van der Waals surface area contributed by atoms with E-state index in [1.54, 1.807) is 0 Å². The molecule has 2 aliphatic rings. The minimum Gasteiger partial charge on any atom is -0.338 e. The second kappa shape index (κ2) is 8.69. The first-order valence-electron chi connectivity index (χ1n) is 9.09.